The highest BCUT2D eigenvalue weighted by molar-refractivity contribution is 7.90. The fraction of sp³-hybridized carbons (Fsp3) is 0.250. The average Bonchev–Trinajstić information content (AvgIpc) is 2.82. The van der Waals surface area contributed by atoms with Gasteiger partial charge in [-0.25, -0.2) is 12.8 Å². The molecule has 2 N–H and O–H groups in total. The molecule has 0 unspecified atom stereocenters. The third-order valence-corrected chi connectivity index (χ3v) is 3.85. The van der Waals surface area contributed by atoms with Crippen LogP contribution in [-0.2, 0) is 9.84 Å². The van der Waals surface area contributed by atoms with Crippen LogP contribution < -0.4 is 15.2 Å². The van der Waals surface area contributed by atoms with Crippen molar-refractivity contribution in [3.63, 3.8) is 0 Å². The molecule has 1 aromatic carbocycles. The van der Waals surface area contributed by atoms with Gasteiger partial charge in [-0.1, -0.05) is 5.16 Å². The van der Waals surface area contributed by atoms with Crippen LogP contribution in [0.5, 0.6) is 11.5 Å². The second kappa shape index (κ2) is 5.24. The minimum atomic E-state index is -3.85. The van der Waals surface area contributed by atoms with E-state index in [1.54, 1.807) is 0 Å². The Labute approximate surface area is 120 Å². The van der Waals surface area contributed by atoms with Gasteiger partial charge in [0.1, 0.15) is 16.4 Å². The van der Waals surface area contributed by atoms with Gasteiger partial charge >= 0.3 is 0 Å². The molecule has 0 aliphatic rings. The van der Waals surface area contributed by atoms with Crippen molar-refractivity contribution in [1.29, 1.82) is 0 Å². The summed E-state index contributed by atoms with van der Waals surface area (Å²) in [6, 6.07) is 2.34. The molecule has 114 valence electrons. The van der Waals surface area contributed by atoms with E-state index in [2.05, 4.69) is 5.16 Å². The lowest BCUT2D eigenvalue weighted by Gasteiger charge is -2.15. The maximum Gasteiger partial charge on any atom is 0.222 e. The third-order valence-electron chi connectivity index (χ3n) is 2.73. The number of hydrogen-bond acceptors (Lipinski definition) is 7. The predicted octanol–water partition coefficient (Wildman–Crippen LogP) is 1.48. The van der Waals surface area contributed by atoms with Gasteiger partial charge in [0.05, 0.1) is 19.8 Å². The summed E-state index contributed by atoms with van der Waals surface area (Å²) >= 11 is 0. The zero-order valence-electron chi connectivity index (χ0n) is 11.5. The Morgan fingerprint density at radius 1 is 1.24 bits per heavy atom. The number of aromatic nitrogens is 1. The highest BCUT2D eigenvalue weighted by Crippen LogP contribution is 2.43. The molecule has 7 nitrogen and oxygen atoms in total. The van der Waals surface area contributed by atoms with E-state index in [0.717, 1.165) is 12.3 Å². The number of benzene rings is 1. The van der Waals surface area contributed by atoms with Crippen molar-refractivity contribution in [2.45, 2.75) is 4.90 Å². The van der Waals surface area contributed by atoms with Crippen LogP contribution in [-0.4, -0.2) is 34.0 Å². The summed E-state index contributed by atoms with van der Waals surface area (Å²) in [4.78, 5) is -0.581. The summed E-state index contributed by atoms with van der Waals surface area (Å²) in [7, 11) is -1.34. The molecule has 0 aliphatic heterocycles. The maximum absolute atomic E-state index is 14.2. The van der Waals surface area contributed by atoms with Gasteiger partial charge in [0.25, 0.3) is 0 Å². The van der Waals surface area contributed by atoms with Crippen LogP contribution in [0.4, 0.5) is 10.3 Å². The maximum atomic E-state index is 14.2. The van der Waals surface area contributed by atoms with Crippen LogP contribution >= 0.6 is 0 Å². The van der Waals surface area contributed by atoms with Gasteiger partial charge in [-0.15, -0.1) is 0 Å². The fourth-order valence-electron chi connectivity index (χ4n) is 1.93. The van der Waals surface area contributed by atoms with E-state index in [4.69, 9.17) is 19.7 Å². The molecule has 21 heavy (non-hydrogen) atoms. The number of nitrogens with zero attached hydrogens (tertiary/aromatic N) is 1. The van der Waals surface area contributed by atoms with E-state index in [1.807, 2.05) is 0 Å². The summed E-state index contributed by atoms with van der Waals surface area (Å²) in [5.41, 5.74) is 5.79. The minimum Gasteiger partial charge on any atom is -0.492 e. The molecule has 0 saturated heterocycles. The Kier molecular flexibility index (Phi) is 3.77. The van der Waals surface area contributed by atoms with Crippen molar-refractivity contribution in [3.05, 3.63) is 17.9 Å². The Morgan fingerprint density at radius 3 is 2.29 bits per heavy atom. The van der Waals surface area contributed by atoms with Crippen molar-refractivity contribution in [2.75, 3.05) is 26.2 Å². The molecule has 0 bridgehead atoms. The van der Waals surface area contributed by atoms with Crippen LogP contribution in [0, 0.1) is 5.82 Å². The topological polar surface area (TPSA) is 105 Å². The highest BCUT2D eigenvalue weighted by atomic mass is 32.2. The predicted molar refractivity (Wildman–Crippen MR) is 72.5 cm³/mol. The quantitative estimate of drug-likeness (QED) is 0.911. The monoisotopic (exact) mass is 316 g/mol. The van der Waals surface area contributed by atoms with E-state index in [0.29, 0.717) is 0 Å². The molecule has 0 amide bonds. The van der Waals surface area contributed by atoms with Gasteiger partial charge in [0, 0.05) is 12.3 Å². The number of ether oxygens (including phenoxy) is 2. The van der Waals surface area contributed by atoms with Gasteiger partial charge in [0.15, 0.2) is 21.3 Å². The first-order chi connectivity index (χ1) is 9.79. The smallest absolute Gasteiger partial charge is 0.222 e. The second-order valence-corrected chi connectivity index (χ2v) is 6.14. The summed E-state index contributed by atoms with van der Waals surface area (Å²) < 4.78 is 52.5. The molecule has 0 fully saturated rings. The van der Waals surface area contributed by atoms with E-state index in [1.165, 1.54) is 20.3 Å². The summed E-state index contributed by atoms with van der Waals surface area (Å²) in [6.45, 7) is 0. The first kappa shape index (κ1) is 15.1. The van der Waals surface area contributed by atoms with Crippen molar-refractivity contribution in [2.24, 2.45) is 0 Å². The van der Waals surface area contributed by atoms with Crippen LogP contribution in [0.2, 0.25) is 0 Å². The van der Waals surface area contributed by atoms with Crippen LogP contribution in [0.3, 0.4) is 0 Å². The lowest BCUT2D eigenvalue weighted by atomic mass is 10.1. The third kappa shape index (κ3) is 2.64. The number of anilines is 1. The molecule has 0 aliphatic carbocycles. The van der Waals surface area contributed by atoms with Gasteiger partial charge < -0.3 is 19.7 Å². The average molecular weight is 316 g/mol. The molecular formula is C12H13FN2O5S. The fourth-order valence-corrected chi connectivity index (χ4v) is 2.86. The van der Waals surface area contributed by atoms with Crippen molar-refractivity contribution >= 4 is 15.7 Å². The molecule has 0 atom stereocenters. The van der Waals surface area contributed by atoms with Crippen LogP contribution in [0.1, 0.15) is 0 Å². The summed E-state index contributed by atoms with van der Waals surface area (Å²) in [5, 5.41) is 3.65. The number of halogens is 1. The highest BCUT2D eigenvalue weighted by Gasteiger charge is 2.28. The van der Waals surface area contributed by atoms with Crippen molar-refractivity contribution in [3.8, 4) is 22.8 Å². The second-order valence-electron chi connectivity index (χ2n) is 4.19. The Balaban J connectivity index is 2.84. The number of rotatable bonds is 4. The largest absolute Gasteiger partial charge is 0.492 e. The zero-order valence-corrected chi connectivity index (χ0v) is 12.3. The number of nitrogen functional groups attached to an aromatic ring is 1. The number of methoxy groups -OCH3 is 2. The Morgan fingerprint density at radius 2 is 1.86 bits per heavy atom. The van der Waals surface area contributed by atoms with Gasteiger partial charge in [-0.2, -0.15) is 0 Å². The Hall–Kier alpha value is -2.29. The Bertz CT molecular complexity index is 785. The van der Waals surface area contributed by atoms with E-state index < -0.39 is 20.5 Å². The van der Waals surface area contributed by atoms with Crippen LogP contribution in [0.15, 0.2) is 21.6 Å². The lowest BCUT2D eigenvalue weighted by molar-refractivity contribution is 0.342. The van der Waals surface area contributed by atoms with Gasteiger partial charge in [0.2, 0.25) is 5.88 Å². The molecule has 0 radical (unpaired) electrons. The molecule has 1 aromatic heterocycles. The zero-order chi connectivity index (χ0) is 15.8. The molecule has 0 saturated carbocycles. The molecular weight excluding hydrogens is 303 g/mol. The molecule has 2 aromatic rings. The van der Waals surface area contributed by atoms with Crippen molar-refractivity contribution < 1.29 is 26.8 Å². The number of hydrogen-bond donors (Lipinski definition) is 1. The first-order valence-corrected chi connectivity index (χ1v) is 7.55. The molecule has 0 spiro atoms. The molecule has 2 rings (SSSR count). The summed E-state index contributed by atoms with van der Waals surface area (Å²) in [6.07, 6.45) is 0.876. The van der Waals surface area contributed by atoms with Crippen LogP contribution in [0.25, 0.3) is 11.3 Å². The normalized spacial score (nSPS) is 11.4. The van der Waals surface area contributed by atoms with E-state index in [9.17, 15) is 12.8 Å². The summed E-state index contributed by atoms with van der Waals surface area (Å²) in [5.74, 6) is -1.17. The lowest BCUT2D eigenvalue weighted by Crippen LogP contribution is -2.07. The number of sulfone groups is 1. The van der Waals surface area contributed by atoms with Crippen molar-refractivity contribution in [1.82, 2.24) is 5.16 Å². The van der Waals surface area contributed by atoms with Gasteiger partial charge in [-0.05, 0) is 6.07 Å². The van der Waals surface area contributed by atoms with Gasteiger partial charge in [-0.3, -0.25) is 0 Å². The van der Waals surface area contributed by atoms with E-state index >= 15 is 0 Å². The standard InChI is InChI=1S/C12H13FN2O5S/c1-18-10-6(8-5-9(14)20-15-8)4-7(13)12(11(10)19-2)21(3,16)17/h4-5H,14H2,1-3H3. The first-order valence-electron chi connectivity index (χ1n) is 5.66. The van der Waals surface area contributed by atoms with E-state index in [-0.39, 0.29) is 28.6 Å². The SMILES string of the molecule is COc1c(-c2cc(N)on2)cc(F)c(S(C)(=O)=O)c1OC. The minimum absolute atomic E-state index is 0.0209. The number of nitrogens with two attached hydrogens (primary N) is 1. The molecule has 1 heterocycles. The molecule has 9 heteroatoms.